The molecular weight excluding hydrogens is 124 g/mol. The second kappa shape index (κ2) is 3.33. The quantitative estimate of drug-likeness (QED) is 0.526. The average molecular weight is 134 g/mol. The van der Waals surface area contributed by atoms with Crippen molar-refractivity contribution >= 4 is 11.8 Å². The number of rotatable bonds is 1. The molecule has 1 saturated heterocycles. The first-order valence-corrected chi connectivity index (χ1v) is 3.81. The van der Waals surface area contributed by atoms with E-state index in [4.69, 9.17) is 9.47 Å². The molecule has 1 rings (SSSR count). The van der Waals surface area contributed by atoms with Crippen LogP contribution in [0.4, 0.5) is 0 Å². The Kier molecular flexibility index (Phi) is 2.66. The average Bonchev–Trinajstić information content (AvgIpc) is 1.90. The van der Waals surface area contributed by atoms with Crippen LogP contribution in [0.1, 0.15) is 0 Å². The maximum Gasteiger partial charge on any atom is 0.166 e. The number of hydrogen-bond donors (Lipinski definition) is 0. The van der Waals surface area contributed by atoms with Gasteiger partial charge in [0.05, 0.1) is 6.61 Å². The van der Waals surface area contributed by atoms with Crippen molar-refractivity contribution in [3.8, 4) is 0 Å². The summed E-state index contributed by atoms with van der Waals surface area (Å²) in [6.07, 6.45) is 0.0498. The van der Waals surface area contributed by atoms with Gasteiger partial charge in [-0.05, 0) is 0 Å². The molecule has 1 unspecified atom stereocenters. The summed E-state index contributed by atoms with van der Waals surface area (Å²) >= 11 is 1.88. The van der Waals surface area contributed by atoms with E-state index in [1.54, 1.807) is 7.11 Å². The van der Waals surface area contributed by atoms with E-state index >= 15 is 0 Å². The van der Waals surface area contributed by atoms with Gasteiger partial charge in [0.1, 0.15) is 0 Å². The Labute approximate surface area is 53.5 Å². The minimum atomic E-state index is 0.0498. The van der Waals surface area contributed by atoms with E-state index in [1.165, 1.54) is 0 Å². The highest BCUT2D eigenvalue weighted by Crippen LogP contribution is 2.11. The van der Waals surface area contributed by atoms with Crippen LogP contribution in [0.2, 0.25) is 0 Å². The summed E-state index contributed by atoms with van der Waals surface area (Å²) in [7, 11) is 1.68. The number of methoxy groups -OCH3 is 1. The molecule has 0 bridgehead atoms. The van der Waals surface area contributed by atoms with E-state index in [0.29, 0.717) is 0 Å². The van der Waals surface area contributed by atoms with Gasteiger partial charge in [-0.15, -0.1) is 0 Å². The lowest BCUT2D eigenvalue weighted by molar-refractivity contribution is -0.106. The van der Waals surface area contributed by atoms with Gasteiger partial charge in [0.25, 0.3) is 0 Å². The molecule has 8 heavy (non-hydrogen) atoms. The fourth-order valence-corrected chi connectivity index (χ4v) is 1.41. The second-order valence-electron chi connectivity index (χ2n) is 1.61. The third-order valence-electron chi connectivity index (χ3n) is 1.05. The van der Waals surface area contributed by atoms with Crippen molar-refractivity contribution in [3.63, 3.8) is 0 Å². The molecule has 0 aromatic rings. The van der Waals surface area contributed by atoms with Crippen molar-refractivity contribution in [1.82, 2.24) is 0 Å². The minimum Gasteiger partial charge on any atom is -0.355 e. The van der Waals surface area contributed by atoms with Gasteiger partial charge in [-0.2, -0.15) is 11.8 Å². The highest BCUT2D eigenvalue weighted by molar-refractivity contribution is 7.99. The molecule has 1 fully saturated rings. The van der Waals surface area contributed by atoms with Crippen LogP contribution < -0.4 is 0 Å². The minimum absolute atomic E-state index is 0.0498. The summed E-state index contributed by atoms with van der Waals surface area (Å²) in [4.78, 5) is 0. The van der Waals surface area contributed by atoms with Crippen molar-refractivity contribution < 1.29 is 9.47 Å². The van der Waals surface area contributed by atoms with E-state index in [2.05, 4.69) is 0 Å². The molecule has 2 nitrogen and oxygen atoms in total. The number of thioether (sulfide) groups is 1. The SMILES string of the molecule is COC1CSCCO1. The van der Waals surface area contributed by atoms with E-state index in [0.717, 1.165) is 18.1 Å². The summed E-state index contributed by atoms with van der Waals surface area (Å²) in [6, 6.07) is 0. The van der Waals surface area contributed by atoms with Crippen molar-refractivity contribution in [2.45, 2.75) is 6.29 Å². The van der Waals surface area contributed by atoms with Crippen LogP contribution in [0.3, 0.4) is 0 Å². The fraction of sp³-hybridized carbons (Fsp3) is 1.00. The monoisotopic (exact) mass is 134 g/mol. The predicted octanol–water partition coefficient (Wildman–Crippen LogP) is 0.722. The Morgan fingerprint density at radius 1 is 1.75 bits per heavy atom. The molecule has 48 valence electrons. The first-order valence-electron chi connectivity index (χ1n) is 2.65. The summed E-state index contributed by atoms with van der Waals surface area (Å²) in [5.41, 5.74) is 0. The zero-order chi connectivity index (χ0) is 5.82. The molecule has 0 aliphatic carbocycles. The number of hydrogen-bond acceptors (Lipinski definition) is 3. The molecule has 3 heteroatoms. The highest BCUT2D eigenvalue weighted by atomic mass is 32.2. The van der Waals surface area contributed by atoms with Crippen LogP contribution in [0.15, 0.2) is 0 Å². The molecule has 0 spiro atoms. The largest absolute Gasteiger partial charge is 0.355 e. The lowest BCUT2D eigenvalue weighted by Gasteiger charge is -2.19. The van der Waals surface area contributed by atoms with Gasteiger partial charge in [-0.25, -0.2) is 0 Å². The summed E-state index contributed by atoms with van der Waals surface area (Å²) in [6.45, 7) is 0.836. The lowest BCUT2D eigenvalue weighted by Crippen LogP contribution is -2.24. The molecule has 0 radical (unpaired) electrons. The molecule has 0 aromatic carbocycles. The molecule has 0 saturated carbocycles. The first kappa shape index (κ1) is 6.39. The van der Waals surface area contributed by atoms with E-state index in [-0.39, 0.29) is 6.29 Å². The van der Waals surface area contributed by atoms with Crippen molar-refractivity contribution in [3.05, 3.63) is 0 Å². The van der Waals surface area contributed by atoms with Crippen molar-refractivity contribution in [2.75, 3.05) is 25.2 Å². The van der Waals surface area contributed by atoms with E-state index < -0.39 is 0 Å². The Bertz CT molecular complexity index is 61.4. The normalized spacial score (nSPS) is 30.4. The van der Waals surface area contributed by atoms with Crippen LogP contribution in [0, 0.1) is 0 Å². The highest BCUT2D eigenvalue weighted by Gasteiger charge is 2.11. The fourth-order valence-electron chi connectivity index (χ4n) is 0.602. The summed E-state index contributed by atoms with van der Waals surface area (Å²) in [5, 5.41) is 0. The molecule has 1 atom stereocenters. The second-order valence-corrected chi connectivity index (χ2v) is 2.76. The van der Waals surface area contributed by atoms with Crippen LogP contribution >= 0.6 is 11.8 Å². The zero-order valence-electron chi connectivity index (χ0n) is 4.92. The topological polar surface area (TPSA) is 18.5 Å². The molecule has 0 amide bonds. The van der Waals surface area contributed by atoms with Gasteiger partial charge in [0.15, 0.2) is 6.29 Å². The first-order chi connectivity index (χ1) is 3.93. The molecule has 1 aliphatic heterocycles. The van der Waals surface area contributed by atoms with Crippen molar-refractivity contribution in [2.24, 2.45) is 0 Å². The van der Waals surface area contributed by atoms with Gasteiger partial charge in [0.2, 0.25) is 0 Å². The van der Waals surface area contributed by atoms with Gasteiger partial charge in [0, 0.05) is 18.6 Å². The zero-order valence-corrected chi connectivity index (χ0v) is 5.74. The Balaban J connectivity index is 2.13. The van der Waals surface area contributed by atoms with Gasteiger partial charge >= 0.3 is 0 Å². The predicted molar refractivity (Wildman–Crippen MR) is 34.1 cm³/mol. The molecule has 1 aliphatic rings. The van der Waals surface area contributed by atoms with Crippen LogP contribution in [0.25, 0.3) is 0 Å². The summed E-state index contributed by atoms with van der Waals surface area (Å²) in [5.74, 6) is 2.09. The third-order valence-corrected chi connectivity index (χ3v) is 2.01. The van der Waals surface area contributed by atoms with Crippen molar-refractivity contribution in [1.29, 1.82) is 0 Å². The van der Waals surface area contributed by atoms with E-state index in [9.17, 15) is 0 Å². The molecule has 1 heterocycles. The maximum absolute atomic E-state index is 5.18. The maximum atomic E-state index is 5.18. The number of ether oxygens (including phenoxy) is 2. The summed E-state index contributed by atoms with van der Waals surface area (Å²) < 4.78 is 10.1. The van der Waals surface area contributed by atoms with Gasteiger partial charge in [-0.3, -0.25) is 0 Å². The standard InChI is InChI=1S/C5H10O2S/c1-6-5-4-8-3-2-7-5/h5H,2-4H2,1H3. The van der Waals surface area contributed by atoms with Crippen LogP contribution in [-0.2, 0) is 9.47 Å². The molecule has 0 N–H and O–H groups in total. The molecular formula is C5H10O2S. The third kappa shape index (κ3) is 1.65. The van der Waals surface area contributed by atoms with Gasteiger partial charge in [-0.1, -0.05) is 0 Å². The van der Waals surface area contributed by atoms with E-state index in [1.807, 2.05) is 11.8 Å². The van der Waals surface area contributed by atoms with Crippen LogP contribution in [0.5, 0.6) is 0 Å². The Morgan fingerprint density at radius 3 is 3.00 bits per heavy atom. The smallest absolute Gasteiger partial charge is 0.166 e. The van der Waals surface area contributed by atoms with Crippen LogP contribution in [-0.4, -0.2) is 31.5 Å². The van der Waals surface area contributed by atoms with Gasteiger partial charge < -0.3 is 9.47 Å². The molecule has 0 aromatic heterocycles. The lowest BCUT2D eigenvalue weighted by atomic mass is 10.7. The Hall–Kier alpha value is 0.270. The Morgan fingerprint density at radius 2 is 2.62 bits per heavy atom.